The minimum Gasteiger partial charge on any atom is -0.497 e. The van der Waals surface area contributed by atoms with E-state index in [1.165, 1.54) is 5.56 Å². The Kier molecular flexibility index (Phi) is 5.24. The van der Waals surface area contributed by atoms with Gasteiger partial charge in [-0.15, -0.1) is 11.3 Å². The number of ether oxygens (including phenoxy) is 1. The van der Waals surface area contributed by atoms with E-state index < -0.39 is 0 Å². The lowest BCUT2D eigenvalue weighted by molar-refractivity contribution is 0.152. The molecule has 0 spiro atoms. The highest BCUT2D eigenvalue weighted by molar-refractivity contribution is 7.13. The molecule has 5 nitrogen and oxygen atoms in total. The molecule has 1 N–H and O–H groups in total. The second kappa shape index (κ2) is 7.95. The van der Waals surface area contributed by atoms with Gasteiger partial charge in [0.1, 0.15) is 10.8 Å². The van der Waals surface area contributed by atoms with Gasteiger partial charge in [-0.05, 0) is 23.8 Å². The van der Waals surface area contributed by atoms with Crippen LogP contribution in [-0.2, 0) is 6.54 Å². The van der Waals surface area contributed by atoms with E-state index in [2.05, 4.69) is 32.7 Å². The standard InChI is InChI=1S/C20H22N4OS/c1-25-18-6-2-4-15(10-18)20-23-17(14-26-20)13-24-9-8-22-12-19(24)16-5-3-7-21-11-16/h2-7,10-11,14,19,22H,8-9,12-13H2,1H3. The number of aromatic nitrogens is 2. The van der Waals surface area contributed by atoms with Crippen LogP contribution in [0.3, 0.4) is 0 Å². The molecule has 0 aliphatic carbocycles. The fraction of sp³-hybridized carbons (Fsp3) is 0.300. The molecular formula is C20H22N4OS. The van der Waals surface area contributed by atoms with Gasteiger partial charge in [0, 0.05) is 55.6 Å². The average molecular weight is 366 g/mol. The molecule has 0 bridgehead atoms. The van der Waals surface area contributed by atoms with Crippen molar-refractivity contribution in [2.75, 3.05) is 26.7 Å². The molecule has 3 heterocycles. The normalized spacial score (nSPS) is 18.0. The number of nitrogens with one attached hydrogen (secondary N) is 1. The SMILES string of the molecule is COc1cccc(-c2nc(CN3CCNCC3c3cccnc3)cs2)c1. The third-order valence-electron chi connectivity index (χ3n) is 4.66. The highest BCUT2D eigenvalue weighted by Gasteiger charge is 2.24. The summed E-state index contributed by atoms with van der Waals surface area (Å²) in [6.45, 7) is 3.80. The summed E-state index contributed by atoms with van der Waals surface area (Å²) in [7, 11) is 1.69. The minimum absolute atomic E-state index is 0.333. The maximum atomic E-state index is 5.32. The van der Waals surface area contributed by atoms with Crippen LogP contribution < -0.4 is 10.1 Å². The molecule has 0 amide bonds. The first-order chi connectivity index (χ1) is 12.8. The Labute approximate surface area is 157 Å². The highest BCUT2D eigenvalue weighted by atomic mass is 32.1. The molecule has 4 rings (SSSR count). The number of nitrogens with zero attached hydrogens (tertiary/aromatic N) is 3. The van der Waals surface area contributed by atoms with Crippen molar-refractivity contribution in [3.8, 4) is 16.3 Å². The van der Waals surface area contributed by atoms with Crippen molar-refractivity contribution in [2.24, 2.45) is 0 Å². The van der Waals surface area contributed by atoms with Crippen molar-refractivity contribution in [2.45, 2.75) is 12.6 Å². The molecule has 1 fully saturated rings. The highest BCUT2D eigenvalue weighted by Crippen LogP contribution is 2.29. The number of pyridine rings is 1. The predicted molar refractivity (Wildman–Crippen MR) is 104 cm³/mol. The van der Waals surface area contributed by atoms with Gasteiger partial charge in [0.25, 0.3) is 0 Å². The summed E-state index contributed by atoms with van der Waals surface area (Å²) in [5.74, 6) is 0.859. The van der Waals surface area contributed by atoms with Gasteiger partial charge in [-0.1, -0.05) is 18.2 Å². The lowest BCUT2D eigenvalue weighted by atomic mass is 10.1. The summed E-state index contributed by atoms with van der Waals surface area (Å²) < 4.78 is 5.32. The van der Waals surface area contributed by atoms with Gasteiger partial charge >= 0.3 is 0 Å². The van der Waals surface area contributed by atoms with Crippen LogP contribution in [0.5, 0.6) is 5.75 Å². The zero-order valence-electron chi connectivity index (χ0n) is 14.8. The summed E-state index contributed by atoms with van der Waals surface area (Å²) >= 11 is 1.69. The zero-order valence-corrected chi connectivity index (χ0v) is 15.6. The summed E-state index contributed by atoms with van der Waals surface area (Å²) in [6.07, 6.45) is 3.79. The van der Waals surface area contributed by atoms with Gasteiger partial charge < -0.3 is 10.1 Å². The molecule has 1 atom stereocenters. The van der Waals surface area contributed by atoms with E-state index in [-0.39, 0.29) is 0 Å². The fourth-order valence-electron chi connectivity index (χ4n) is 3.31. The van der Waals surface area contributed by atoms with Crippen molar-refractivity contribution in [1.29, 1.82) is 0 Å². The maximum Gasteiger partial charge on any atom is 0.123 e. The fourth-order valence-corrected chi connectivity index (χ4v) is 4.12. The number of hydrogen-bond acceptors (Lipinski definition) is 6. The number of rotatable bonds is 5. The van der Waals surface area contributed by atoms with Crippen molar-refractivity contribution < 1.29 is 4.74 Å². The van der Waals surface area contributed by atoms with Gasteiger partial charge in [-0.3, -0.25) is 9.88 Å². The molecule has 1 aromatic carbocycles. The van der Waals surface area contributed by atoms with E-state index in [0.29, 0.717) is 6.04 Å². The Balaban J connectivity index is 1.52. The van der Waals surface area contributed by atoms with E-state index in [0.717, 1.165) is 48.2 Å². The number of methoxy groups -OCH3 is 1. The maximum absolute atomic E-state index is 5.32. The number of benzene rings is 1. The second-order valence-corrected chi connectivity index (χ2v) is 7.21. The molecule has 1 aliphatic rings. The molecule has 3 aromatic rings. The van der Waals surface area contributed by atoms with Gasteiger partial charge in [0.15, 0.2) is 0 Å². The first-order valence-electron chi connectivity index (χ1n) is 8.77. The summed E-state index contributed by atoms with van der Waals surface area (Å²) in [5.41, 5.74) is 3.47. The topological polar surface area (TPSA) is 50.3 Å². The van der Waals surface area contributed by atoms with Crippen molar-refractivity contribution in [3.05, 3.63) is 65.4 Å². The lowest BCUT2D eigenvalue weighted by Crippen LogP contribution is -2.45. The Bertz CT molecular complexity index is 852. The predicted octanol–water partition coefficient (Wildman–Crippen LogP) is 3.36. The van der Waals surface area contributed by atoms with Crippen LogP contribution in [0.15, 0.2) is 54.2 Å². The van der Waals surface area contributed by atoms with Crippen molar-refractivity contribution in [1.82, 2.24) is 20.2 Å². The van der Waals surface area contributed by atoms with Crippen molar-refractivity contribution >= 4 is 11.3 Å². The molecule has 0 saturated carbocycles. The third kappa shape index (κ3) is 3.77. The van der Waals surface area contributed by atoms with Crippen LogP contribution in [0, 0.1) is 0 Å². The van der Waals surface area contributed by atoms with Crippen LogP contribution in [0.4, 0.5) is 0 Å². The van der Waals surface area contributed by atoms with Gasteiger partial charge in [-0.25, -0.2) is 4.98 Å². The number of piperazine rings is 1. The molecule has 0 radical (unpaired) electrons. The summed E-state index contributed by atoms with van der Waals surface area (Å²) in [4.78, 5) is 11.6. The molecule has 1 saturated heterocycles. The molecule has 26 heavy (non-hydrogen) atoms. The molecule has 1 unspecified atom stereocenters. The molecular weight excluding hydrogens is 344 g/mol. The van der Waals surface area contributed by atoms with Gasteiger partial charge in [0.2, 0.25) is 0 Å². The first kappa shape index (κ1) is 17.1. The van der Waals surface area contributed by atoms with E-state index in [1.807, 2.05) is 36.7 Å². The Morgan fingerprint density at radius 2 is 2.27 bits per heavy atom. The molecule has 2 aromatic heterocycles. The average Bonchev–Trinajstić information content (AvgIpc) is 3.18. The van der Waals surface area contributed by atoms with Crippen molar-refractivity contribution in [3.63, 3.8) is 0 Å². The van der Waals surface area contributed by atoms with Crippen LogP contribution in [0.25, 0.3) is 10.6 Å². The largest absolute Gasteiger partial charge is 0.497 e. The van der Waals surface area contributed by atoms with Gasteiger partial charge in [0.05, 0.1) is 12.8 Å². The van der Waals surface area contributed by atoms with Crippen LogP contribution in [-0.4, -0.2) is 41.6 Å². The van der Waals surface area contributed by atoms with E-state index >= 15 is 0 Å². The monoisotopic (exact) mass is 366 g/mol. The van der Waals surface area contributed by atoms with Crippen LogP contribution >= 0.6 is 11.3 Å². The first-order valence-corrected chi connectivity index (χ1v) is 9.65. The van der Waals surface area contributed by atoms with E-state index in [9.17, 15) is 0 Å². The zero-order chi connectivity index (χ0) is 17.8. The number of hydrogen-bond donors (Lipinski definition) is 1. The van der Waals surface area contributed by atoms with E-state index in [1.54, 1.807) is 18.4 Å². The summed E-state index contributed by atoms with van der Waals surface area (Å²) in [6, 6.07) is 12.6. The smallest absolute Gasteiger partial charge is 0.123 e. The van der Waals surface area contributed by atoms with E-state index in [4.69, 9.17) is 9.72 Å². The minimum atomic E-state index is 0.333. The third-order valence-corrected chi connectivity index (χ3v) is 5.60. The number of thiazole rings is 1. The van der Waals surface area contributed by atoms with Gasteiger partial charge in [-0.2, -0.15) is 0 Å². The molecule has 134 valence electrons. The van der Waals surface area contributed by atoms with Crippen LogP contribution in [0.1, 0.15) is 17.3 Å². The lowest BCUT2D eigenvalue weighted by Gasteiger charge is -2.35. The molecule has 6 heteroatoms. The Hall–Kier alpha value is -2.28. The Morgan fingerprint density at radius 3 is 3.12 bits per heavy atom. The summed E-state index contributed by atoms with van der Waals surface area (Å²) in [5, 5.41) is 6.69. The second-order valence-electron chi connectivity index (χ2n) is 6.35. The molecule has 1 aliphatic heterocycles. The Morgan fingerprint density at radius 1 is 1.31 bits per heavy atom. The quantitative estimate of drug-likeness (QED) is 0.750. The van der Waals surface area contributed by atoms with Crippen LogP contribution in [0.2, 0.25) is 0 Å².